The average Bonchev–Trinajstić information content (AvgIpc) is 3.88. The Morgan fingerprint density at radius 1 is 0.577 bits per heavy atom. The molecule has 1 aliphatic rings. The van der Waals surface area contributed by atoms with E-state index in [-0.39, 0.29) is 89.3 Å². The molecule has 0 bridgehead atoms. The molecule has 0 unspecified atom stereocenters. The van der Waals surface area contributed by atoms with Gasteiger partial charge >= 0.3 is 5.97 Å². The first kappa shape index (κ1) is 67.8. The lowest BCUT2D eigenvalue weighted by molar-refractivity contribution is -0.143. The van der Waals surface area contributed by atoms with Crippen LogP contribution in [-0.4, -0.2) is 161 Å². The van der Waals surface area contributed by atoms with Crippen LogP contribution >= 0.6 is 0 Å². The number of benzene rings is 1. The minimum Gasteiger partial charge on any atom is -0.480 e. The van der Waals surface area contributed by atoms with Gasteiger partial charge in [-0.3, -0.25) is 43.2 Å². The number of hydrogen-bond donors (Lipinski definition) is 14. The summed E-state index contributed by atoms with van der Waals surface area (Å²) in [6, 6.07) is -2.46. The van der Waals surface area contributed by atoms with Crippen molar-refractivity contribution in [1.29, 1.82) is 0 Å². The summed E-state index contributed by atoms with van der Waals surface area (Å²) >= 11 is 0. The monoisotopic (exact) mass is 1100 g/mol. The number of nitrogens with two attached hydrogens (primary N) is 5. The zero-order valence-corrected chi connectivity index (χ0v) is 46.3. The molecule has 440 valence electrons. The van der Waals surface area contributed by atoms with Gasteiger partial charge in [-0.05, 0) is 134 Å². The van der Waals surface area contributed by atoms with Gasteiger partial charge in [0.1, 0.15) is 48.3 Å². The molecule has 0 aliphatic carbocycles. The Balaban J connectivity index is 2.40. The molecular weight excluding hydrogens is 1010 g/mol. The SMILES string of the molecule is CC(C)C[C@H](NC(=O)[C@@H](N)CCC(N)=O)C(=O)N[C@@H](Cc1ccccc1)C(=O)N[C@@H](CCCCN)C(=O)N1CCC[C@H]1C(=O)N[C@@H](CC(C)C)C(=O)N[C@H](C(=O)N[C@@H](CCCCN)C(=O)N[C@@H](CCCCN)C(=O)O)[C@@H](C)O. The van der Waals surface area contributed by atoms with E-state index in [1.807, 2.05) is 13.8 Å². The Labute approximate surface area is 458 Å². The van der Waals surface area contributed by atoms with Gasteiger partial charge in [0.25, 0.3) is 0 Å². The minimum absolute atomic E-state index is 0.0118. The summed E-state index contributed by atoms with van der Waals surface area (Å²) in [6.45, 7) is 9.56. The van der Waals surface area contributed by atoms with Crippen LogP contribution in [0.25, 0.3) is 0 Å². The fraction of sp³-hybridized carbons (Fsp3) is 0.698. The molecule has 1 saturated heterocycles. The third-order valence-corrected chi connectivity index (χ3v) is 13.2. The molecule has 2 rings (SSSR count). The van der Waals surface area contributed by atoms with E-state index in [9.17, 15) is 58.2 Å². The lowest BCUT2D eigenvalue weighted by Crippen LogP contribution is -2.61. The Hall–Kier alpha value is -6.28. The lowest BCUT2D eigenvalue weighted by atomic mass is 10.00. The molecule has 25 nitrogen and oxygen atoms in total. The second kappa shape index (κ2) is 36.0. The van der Waals surface area contributed by atoms with Gasteiger partial charge in [0.15, 0.2) is 0 Å². The van der Waals surface area contributed by atoms with E-state index >= 15 is 0 Å². The maximum Gasteiger partial charge on any atom is 0.326 e. The van der Waals surface area contributed by atoms with Gasteiger partial charge in [-0.15, -0.1) is 0 Å². The average molecular weight is 1100 g/mol. The normalized spacial score (nSPS) is 16.8. The number of aliphatic hydroxyl groups is 1. The number of hydrogen-bond acceptors (Lipinski definition) is 15. The van der Waals surface area contributed by atoms with Crippen LogP contribution in [0.1, 0.15) is 136 Å². The van der Waals surface area contributed by atoms with Gasteiger partial charge in [0.05, 0.1) is 12.1 Å². The maximum absolute atomic E-state index is 14.7. The van der Waals surface area contributed by atoms with Crippen molar-refractivity contribution >= 4 is 59.1 Å². The molecule has 1 fully saturated rings. The van der Waals surface area contributed by atoms with E-state index in [0.29, 0.717) is 57.1 Å². The number of carboxylic acid groups (broad SMARTS) is 1. The summed E-state index contributed by atoms with van der Waals surface area (Å²) in [4.78, 5) is 137. The molecule has 1 heterocycles. The summed E-state index contributed by atoms with van der Waals surface area (Å²) in [5, 5.41) is 39.2. The number of nitrogens with one attached hydrogen (secondary N) is 7. The largest absolute Gasteiger partial charge is 0.480 e. The van der Waals surface area contributed by atoms with Crippen LogP contribution in [0.5, 0.6) is 0 Å². The van der Waals surface area contributed by atoms with Crippen LogP contribution in [0.2, 0.25) is 0 Å². The third kappa shape index (κ3) is 24.6. The molecule has 0 spiro atoms. The minimum atomic E-state index is -1.63. The van der Waals surface area contributed by atoms with Crippen molar-refractivity contribution in [3.05, 3.63) is 35.9 Å². The first-order valence-corrected chi connectivity index (χ1v) is 27.5. The van der Waals surface area contributed by atoms with Crippen LogP contribution in [0.15, 0.2) is 30.3 Å². The van der Waals surface area contributed by atoms with Crippen molar-refractivity contribution in [3.63, 3.8) is 0 Å². The highest BCUT2D eigenvalue weighted by Gasteiger charge is 2.41. The second-order valence-electron chi connectivity index (χ2n) is 21.0. The Kier molecular flexibility index (Phi) is 31.3. The number of aliphatic carboxylic acids is 1. The van der Waals surface area contributed by atoms with Crippen molar-refractivity contribution in [1.82, 2.24) is 42.1 Å². The Morgan fingerprint density at radius 3 is 1.56 bits per heavy atom. The number of aliphatic hydroxyl groups excluding tert-OH is 1. The molecule has 0 aromatic heterocycles. The van der Waals surface area contributed by atoms with Gasteiger partial charge in [0.2, 0.25) is 53.2 Å². The van der Waals surface area contributed by atoms with Crippen molar-refractivity contribution in [2.24, 2.45) is 40.5 Å². The number of nitrogens with zero attached hydrogens (tertiary/aromatic N) is 1. The zero-order chi connectivity index (χ0) is 58.5. The van der Waals surface area contributed by atoms with Gasteiger partial charge < -0.3 is 81.0 Å². The number of carboxylic acids is 1. The molecule has 1 aliphatic heterocycles. The van der Waals surface area contributed by atoms with Gasteiger partial charge in [-0.2, -0.15) is 0 Å². The maximum atomic E-state index is 14.7. The highest BCUT2D eigenvalue weighted by atomic mass is 16.4. The standard InChI is InChI=1S/C53H91N13O12/c1-31(2)28-39(62-45(69)35(57)22-23-43(58)68)47(71)63-41(30-34-16-7-6-8-17-34)48(72)60-37(19-10-13-25-55)52(76)66-27-15-21-42(66)50(74)64-40(29-32(3)4)49(73)65-44(33(5)67)51(75)59-36(18-9-12-24-54)46(70)61-38(53(77)78)20-11-14-26-56/h6-8,16-17,31-33,35-42,44,67H,9-15,18-30,54-57H2,1-5H3,(H2,58,68)(H,59,75)(H,60,72)(H,61,70)(H,62,69)(H,63,71)(H,64,74)(H,65,73)(H,77,78)/t33-,35+,36+,37+,38+,39+,40+,41+,42+,44+/m1/s1. The topological polar surface area (TPSA) is 429 Å². The van der Waals surface area contributed by atoms with E-state index in [4.69, 9.17) is 28.7 Å². The van der Waals surface area contributed by atoms with Crippen LogP contribution in [0, 0.1) is 11.8 Å². The zero-order valence-electron chi connectivity index (χ0n) is 46.3. The van der Waals surface area contributed by atoms with Gasteiger partial charge in [0, 0.05) is 19.4 Å². The number of likely N-dealkylation sites (tertiary alicyclic amines) is 1. The van der Waals surface area contributed by atoms with E-state index in [0.717, 1.165) is 0 Å². The summed E-state index contributed by atoms with van der Waals surface area (Å²) in [5.74, 6) is -8.18. The molecule has 1 aromatic carbocycles. The van der Waals surface area contributed by atoms with Gasteiger partial charge in [-0.1, -0.05) is 58.0 Å². The van der Waals surface area contributed by atoms with E-state index in [1.54, 1.807) is 44.2 Å². The fourth-order valence-electron chi connectivity index (χ4n) is 8.94. The van der Waals surface area contributed by atoms with Crippen LogP contribution < -0.4 is 65.9 Å². The fourth-order valence-corrected chi connectivity index (χ4v) is 8.94. The molecule has 0 radical (unpaired) electrons. The summed E-state index contributed by atoms with van der Waals surface area (Å²) in [7, 11) is 0. The summed E-state index contributed by atoms with van der Waals surface area (Å²) in [5.41, 5.74) is 29.0. The molecule has 25 heteroatoms. The highest BCUT2D eigenvalue weighted by molar-refractivity contribution is 5.98. The Bertz CT molecular complexity index is 2100. The molecule has 10 atom stereocenters. The van der Waals surface area contributed by atoms with Crippen molar-refractivity contribution in [3.8, 4) is 0 Å². The second-order valence-corrected chi connectivity index (χ2v) is 21.0. The van der Waals surface area contributed by atoms with Crippen LogP contribution in [-0.2, 0) is 54.4 Å². The predicted octanol–water partition coefficient (Wildman–Crippen LogP) is -1.85. The Morgan fingerprint density at radius 2 is 1.04 bits per heavy atom. The number of amides is 9. The molecule has 0 saturated carbocycles. The first-order chi connectivity index (χ1) is 36.9. The van der Waals surface area contributed by atoms with E-state index in [1.165, 1.54) is 11.8 Å². The molecule has 1 aromatic rings. The van der Waals surface area contributed by atoms with Crippen molar-refractivity contribution < 1.29 is 58.2 Å². The van der Waals surface area contributed by atoms with Gasteiger partial charge in [-0.25, -0.2) is 4.79 Å². The van der Waals surface area contributed by atoms with Crippen molar-refractivity contribution in [2.45, 2.75) is 198 Å². The quantitative estimate of drug-likeness (QED) is 0.0323. The van der Waals surface area contributed by atoms with E-state index < -0.39 is 120 Å². The highest BCUT2D eigenvalue weighted by Crippen LogP contribution is 2.22. The molecule has 9 amide bonds. The molecule has 19 N–H and O–H groups in total. The number of rotatable bonds is 38. The number of unbranched alkanes of at least 4 members (excludes halogenated alkanes) is 3. The number of carbonyl (C=O) groups excluding carboxylic acids is 9. The first-order valence-electron chi connectivity index (χ1n) is 27.5. The van der Waals surface area contributed by atoms with Crippen LogP contribution in [0.4, 0.5) is 0 Å². The van der Waals surface area contributed by atoms with Crippen LogP contribution in [0.3, 0.4) is 0 Å². The predicted molar refractivity (Wildman–Crippen MR) is 292 cm³/mol. The molecule has 78 heavy (non-hydrogen) atoms. The number of carbonyl (C=O) groups is 10. The smallest absolute Gasteiger partial charge is 0.326 e. The van der Waals surface area contributed by atoms with E-state index in [2.05, 4.69) is 37.2 Å². The number of primary amides is 1. The molecular formula is C53H91N13O12. The third-order valence-electron chi connectivity index (χ3n) is 13.2. The summed E-state index contributed by atoms with van der Waals surface area (Å²) in [6.07, 6.45) is 2.07. The van der Waals surface area contributed by atoms with Crippen molar-refractivity contribution in [2.75, 3.05) is 26.2 Å². The lowest BCUT2D eigenvalue weighted by Gasteiger charge is -2.32. The summed E-state index contributed by atoms with van der Waals surface area (Å²) < 4.78 is 0.